The highest BCUT2D eigenvalue weighted by molar-refractivity contribution is 7.33. The minimum atomic E-state index is -0.133. The van der Waals surface area contributed by atoms with Gasteiger partial charge in [0.25, 0.3) is 6.71 Å². The molecule has 1 aromatic heterocycles. The highest BCUT2D eigenvalue weighted by Gasteiger charge is 2.50. The van der Waals surface area contributed by atoms with Gasteiger partial charge in [0.15, 0.2) is 0 Å². The molecule has 0 saturated heterocycles. The van der Waals surface area contributed by atoms with Crippen LogP contribution in [0.3, 0.4) is 0 Å². The maximum atomic E-state index is 2.79. The summed E-state index contributed by atoms with van der Waals surface area (Å²) in [6, 6.07) is 42.4. The molecule has 74 heavy (non-hydrogen) atoms. The minimum Gasteiger partial charge on any atom is -0.311 e. The van der Waals surface area contributed by atoms with Crippen molar-refractivity contribution in [2.75, 3.05) is 9.80 Å². The van der Waals surface area contributed by atoms with Gasteiger partial charge < -0.3 is 9.80 Å². The van der Waals surface area contributed by atoms with Gasteiger partial charge in [0.1, 0.15) is 0 Å². The first-order chi connectivity index (χ1) is 34.4. The first-order valence-corrected chi connectivity index (χ1v) is 29.2. The van der Waals surface area contributed by atoms with Crippen molar-refractivity contribution in [3.05, 3.63) is 148 Å². The van der Waals surface area contributed by atoms with Crippen LogP contribution >= 0.6 is 11.3 Å². The molecule has 0 N–H and O–H groups in total. The lowest BCUT2D eigenvalue weighted by Gasteiger charge is -2.48. The van der Waals surface area contributed by atoms with Crippen molar-refractivity contribution in [2.24, 2.45) is 0 Å². The number of nitrogens with zero attached hydrogens (tertiary/aromatic N) is 2. The molecule has 3 heterocycles. The third kappa shape index (κ3) is 7.43. The van der Waals surface area contributed by atoms with Gasteiger partial charge in [0.2, 0.25) is 0 Å². The number of rotatable bonds is 3. The van der Waals surface area contributed by atoms with Crippen LogP contribution < -0.4 is 25.5 Å². The summed E-state index contributed by atoms with van der Waals surface area (Å²) in [6.07, 6.45) is 7.12. The molecule has 12 rings (SSSR count). The second kappa shape index (κ2) is 15.8. The summed E-state index contributed by atoms with van der Waals surface area (Å²) >= 11 is 2.09. The van der Waals surface area contributed by atoms with Gasteiger partial charge in [-0.05, 0) is 197 Å². The molecule has 382 valence electrons. The maximum absolute atomic E-state index is 2.79. The largest absolute Gasteiger partial charge is 0.311 e. The van der Waals surface area contributed by atoms with E-state index in [4.69, 9.17) is 0 Å². The van der Waals surface area contributed by atoms with Crippen molar-refractivity contribution in [2.45, 2.75) is 206 Å². The predicted octanol–water partition coefficient (Wildman–Crippen LogP) is 18.3. The lowest BCUT2D eigenvalue weighted by Crippen LogP contribution is -2.61. The summed E-state index contributed by atoms with van der Waals surface area (Å²) in [7, 11) is 0. The molecule has 4 heteroatoms. The molecule has 6 aromatic carbocycles. The van der Waals surface area contributed by atoms with E-state index >= 15 is 0 Å². The van der Waals surface area contributed by atoms with Crippen LogP contribution in [0.5, 0.6) is 0 Å². The standard InChI is InChI=1S/C70H83BN2S/c1-63(2,3)43-24-27-55(46(34-43)42-22-20-19-21-23-42)73-58-36-44(64(4,5)6)35-57-60(58)71(62-61(73)47-38-50-53(41-59(47)74-62)70(17,18)33-30-67(50,11)12)54-39-51-52(69(15,16)32-31-68(51,13)14)40-56(54)72(57)45-25-26-48-49(37-45)66(9,10)29-28-65(48,7)8/h19-27,34-41H,28-33H2,1-18H3. The van der Waals surface area contributed by atoms with Crippen LogP contribution in [-0.4, -0.2) is 6.71 Å². The van der Waals surface area contributed by atoms with Crippen LogP contribution in [0.15, 0.2) is 103 Å². The Morgan fingerprint density at radius 3 is 1.50 bits per heavy atom. The summed E-state index contributed by atoms with van der Waals surface area (Å²) in [4.78, 5) is 5.55. The molecule has 7 aromatic rings. The van der Waals surface area contributed by atoms with E-state index in [1.54, 1.807) is 0 Å². The van der Waals surface area contributed by atoms with Crippen LogP contribution in [-0.2, 0) is 43.3 Å². The normalized spacial score (nSPS) is 20.3. The third-order valence-corrected chi connectivity index (χ3v) is 21.0. The van der Waals surface area contributed by atoms with Crippen LogP contribution in [0.25, 0.3) is 21.2 Å². The Kier molecular flexibility index (Phi) is 10.6. The Labute approximate surface area is 450 Å². The molecule has 2 aliphatic heterocycles. The van der Waals surface area contributed by atoms with Crippen molar-refractivity contribution < 1.29 is 0 Å². The van der Waals surface area contributed by atoms with Gasteiger partial charge >= 0.3 is 0 Å². The van der Waals surface area contributed by atoms with Gasteiger partial charge in [-0.2, -0.15) is 0 Å². The van der Waals surface area contributed by atoms with E-state index in [1.165, 1.54) is 154 Å². The molecule has 0 radical (unpaired) electrons. The second-order valence-electron chi connectivity index (χ2n) is 29.8. The summed E-state index contributed by atoms with van der Waals surface area (Å²) in [5.41, 5.74) is 25.4. The third-order valence-electron chi connectivity index (χ3n) is 19.8. The lowest BCUT2D eigenvalue weighted by molar-refractivity contribution is 0.332. The van der Waals surface area contributed by atoms with E-state index in [2.05, 4.69) is 249 Å². The van der Waals surface area contributed by atoms with Crippen molar-refractivity contribution in [3.63, 3.8) is 0 Å². The van der Waals surface area contributed by atoms with Crippen molar-refractivity contribution in [1.29, 1.82) is 0 Å². The number of anilines is 6. The Morgan fingerprint density at radius 1 is 0.432 bits per heavy atom. The SMILES string of the molecule is CC(C)(C)c1ccc(N2c3cc(C(C)(C)C)cc4c3B(c3cc5c(cc3N4c3ccc4c(c3)C(C)(C)CCC4(C)C)C(C)(C)CCC5(C)C)c3sc4cc5c(cc4c32)C(C)(C)CCC5(C)C)c(-c2ccccc2)c1. The molecule has 3 aliphatic carbocycles. The molecule has 5 aliphatic rings. The van der Waals surface area contributed by atoms with Gasteiger partial charge in [-0.1, -0.05) is 173 Å². The lowest BCUT2D eigenvalue weighted by atomic mass is 9.35. The molecule has 0 saturated carbocycles. The zero-order valence-electron chi connectivity index (χ0n) is 48.4. The second-order valence-corrected chi connectivity index (χ2v) is 30.9. The number of hydrogen-bond donors (Lipinski definition) is 0. The van der Waals surface area contributed by atoms with Gasteiger partial charge in [0, 0.05) is 43.2 Å². The number of thiophene rings is 1. The predicted molar refractivity (Wildman–Crippen MR) is 325 cm³/mol. The first-order valence-electron chi connectivity index (χ1n) is 28.3. The van der Waals surface area contributed by atoms with E-state index in [-0.39, 0.29) is 50.0 Å². The van der Waals surface area contributed by atoms with E-state index < -0.39 is 0 Å². The molecule has 0 fully saturated rings. The quantitative estimate of drug-likeness (QED) is 0.163. The fourth-order valence-corrected chi connectivity index (χ4v) is 15.7. The van der Waals surface area contributed by atoms with Gasteiger partial charge in [0.05, 0.1) is 11.4 Å². The number of benzene rings is 6. The zero-order valence-corrected chi connectivity index (χ0v) is 49.3. The Morgan fingerprint density at radius 2 is 0.932 bits per heavy atom. The van der Waals surface area contributed by atoms with Crippen LogP contribution in [0.1, 0.15) is 208 Å². The van der Waals surface area contributed by atoms with E-state index in [0.717, 1.165) is 0 Å². The molecular weight excluding hydrogens is 912 g/mol. The van der Waals surface area contributed by atoms with E-state index in [1.807, 2.05) is 0 Å². The Balaban J connectivity index is 1.27. The van der Waals surface area contributed by atoms with Crippen LogP contribution in [0.2, 0.25) is 0 Å². The summed E-state index contributed by atoms with van der Waals surface area (Å²) < 4.78 is 2.88. The van der Waals surface area contributed by atoms with E-state index in [9.17, 15) is 0 Å². The monoisotopic (exact) mass is 995 g/mol. The van der Waals surface area contributed by atoms with Gasteiger partial charge in [-0.25, -0.2) is 0 Å². The highest BCUT2D eigenvalue weighted by Crippen LogP contribution is 2.57. The average molecular weight is 995 g/mol. The van der Waals surface area contributed by atoms with Crippen LogP contribution in [0, 0.1) is 0 Å². The fourth-order valence-electron chi connectivity index (χ4n) is 14.3. The molecule has 0 bridgehead atoms. The van der Waals surface area contributed by atoms with E-state index in [0.29, 0.717) is 0 Å². The molecule has 0 atom stereocenters. The fraction of sp³-hybridized carbons (Fsp3) is 0.457. The zero-order chi connectivity index (χ0) is 52.8. The summed E-state index contributed by atoms with van der Waals surface area (Å²) in [5.74, 6) is 0. The molecule has 2 nitrogen and oxygen atoms in total. The van der Waals surface area contributed by atoms with Crippen LogP contribution in [0.4, 0.5) is 34.1 Å². The topological polar surface area (TPSA) is 6.48 Å². The smallest absolute Gasteiger partial charge is 0.264 e. The van der Waals surface area contributed by atoms with Crippen molar-refractivity contribution in [1.82, 2.24) is 0 Å². The highest BCUT2D eigenvalue weighted by atomic mass is 32.1. The Hall–Kier alpha value is -5.06. The Bertz CT molecular complexity index is 3490. The van der Waals surface area contributed by atoms with Crippen molar-refractivity contribution >= 4 is 78.0 Å². The molecular formula is C70H83BN2S. The van der Waals surface area contributed by atoms with Crippen molar-refractivity contribution in [3.8, 4) is 11.1 Å². The van der Waals surface area contributed by atoms with Gasteiger partial charge in [-0.3, -0.25) is 0 Å². The summed E-state index contributed by atoms with van der Waals surface area (Å²) in [5, 5.41) is 1.39. The molecule has 0 unspecified atom stereocenters. The number of hydrogen-bond acceptors (Lipinski definition) is 3. The van der Waals surface area contributed by atoms with Gasteiger partial charge in [-0.15, -0.1) is 11.3 Å². The average Bonchev–Trinajstić information content (AvgIpc) is 3.76. The molecule has 0 spiro atoms. The minimum absolute atomic E-state index is 0.0254. The molecule has 0 amide bonds. The number of fused-ring (bicyclic) bond motifs is 9. The first kappa shape index (κ1) is 49.8. The summed E-state index contributed by atoms with van der Waals surface area (Å²) in [6.45, 7) is 44.3. The maximum Gasteiger partial charge on any atom is 0.264 e.